The standard InChI is InChI=1S/C14H17NO/c1-11-4-6-12(7-5-11)14(15)9-8-13-3-2-10-16-13/h2-7,10,14H,8-9,15H2,1H3. The molecule has 0 saturated heterocycles. The summed E-state index contributed by atoms with van der Waals surface area (Å²) in [6, 6.07) is 12.4. The van der Waals surface area contributed by atoms with Crippen molar-refractivity contribution in [3.05, 3.63) is 59.5 Å². The van der Waals surface area contributed by atoms with E-state index in [0.29, 0.717) is 0 Å². The normalized spacial score (nSPS) is 12.6. The molecule has 2 nitrogen and oxygen atoms in total. The van der Waals surface area contributed by atoms with E-state index in [4.69, 9.17) is 10.2 Å². The van der Waals surface area contributed by atoms with E-state index in [0.717, 1.165) is 18.6 Å². The van der Waals surface area contributed by atoms with Crippen LogP contribution in [-0.2, 0) is 6.42 Å². The number of nitrogens with two attached hydrogens (primary N) is 1. The SMILES string of the molecule is Cc1ccc(C(N)CCc2ccco2)cc1. The lowest BCUT2D eigenvalue weighted by atomic mass is 10.0. The molecule has 16 heavy (non-hydrogen) atoms. The first-order valence-electron chi connectivity index (χ1n) is 5.60. The van der Waals surface area contributed by atoms with Gasteiger partial charge in [-0.1, -0.05) is 29.8 Å². The van der Waals surface area contributed by atoms with E-state index in [1.807, 2.05) is 12.1 Å². The second kappa shape index (κ2) is 4.99. The van der Waals surface area contributed by atoms with Gasteiger partial charge >= 0.3 is 0 Å². The molecule has 2 N–H and O–H groups in total. The Hall–Kier alpha value is -1.54. The highest BCUT2D eigenvalue weighted by Crippen LogP contribution is 2.17. The summed E-state index contributed by atoms with van der Waals surface area (Å²) in [4.78, 5) is 0. The molecule has 1 aromatic heterocycles. The number of hydrogen-bond donors (Lipinski definition) is 1. The number of rotatable bonds is 4. The fourth-order valence-corrected chi connectivity index (χ4v) is 1.73. The fourth-order valence-electron chi connectivity index (χ4n) is 1.73. The average Bonchev–Trinajstić information content (AvgIpc) is 2.80. The van der Waals surface area contributed by atoms with E-state index in [-0.39, 0.29) is 6.04 Å². The summed E-state index contributed by atoms with van der Waals surface area (Å²) < 4.78 is 5.28. The molecule has 1 atom stereocenters. The first kappa shape index (κ1) is 11.0. The summed E-state index contributed by atoms with van der Waals surface area (Å²) in [6.07, 6.45) is 3.51. The quantitative estimate of drug-likeness (QED) is 0.850. The molecule has 1 unspecified atom stereocenters. The monoisotopic (exact) mass is 215 g/mol. The van der Waals surface area contributed by atoms with Crippen LogP contribution in [0.2, 0.25) is 0 Å². The van der Waals surface area contributed by atoms with Crippen molar-refractivity contribution < 1.29 is 4.42 Å². The molecular formula is C14H17NO. The first-order chi connectivity index (χ1) is 7.75. The van der Waals surface area contributed by atoms with Crippen LogP contribution in [0, 0.1) is 6.92 Å². The van der Waals surface area contributed by atoms with Crippen molar-refractivity contribution in [1.82, 2.24) is 0 Å². The average molecular weight is 215 g/mol. The third-order valence-corrected chi connectivity index (χ3v) is 2.79. The molecular weight excluding hydrogens is 198 g/mol. The van der Waals surface area contributed by atoms with Crippen molar-refractivity contribution >= 4 is 0 Å². The zero-order valence-corrected chi connectivity index (χ0v) is 9.52. The number of aryl methyl sites for hydroxylation is 2. The molecule has 0 aliphatic rings. The van der Waals surface area contributed by atoms with Gasteiger partial charge in [0.05, 0.1) is 6.26 Å². The van der Waals surface area contributed by atoms with Crippen molar-refractivity contribution in [1.29, 1.82) is 0 Å². The van der Waals surface area contributed by atoms with Crippen molar-refractivity contribution in [3.63, 3.8) is 0 Å². The minimum absolute atomic E-state index is 0.0886. The van der Waals surface area contributed by atoms with Crippen molar-refractivity contribution in [2.24, 2.45) is 5.73 Å². The van der Waals surface area contributed by atoms with Crippen LogP contribution in [0.4, 0.5) is 0 Å². The molecule has 2 heteroatoms. The molecule has 0 saturated carbocycles. The van der Waals surface area contributed by atoms with Crippen LogP contribution < -0.4 is 5.73 Å². The maximum atomic E-state index is 6.12. The number of furan rings is 1. The zero-order valence-electron chi connectivity index (χ0n) is 9.52. The van der Waals surface area contributed by atoms with E-state index in [2.05, 4.69) is 31.2 Å². The summed E-state index contributed by atoms with van der Waals surface area (Å²) in [7, 11) is 0. The van der Waals surface area contributed by atoms with Gasteiger partial charge in [-0.25, -0.2) is 0 Å². The molecule has 0 aliphatic heterocycles. The van der Waals surface area contributed by atoms with Crippen LogP contribution in [0.3, 0.4) is 0 Å². The summed E-state index contributed by atoms with van der Waals surface area (Å²) in [5.74, 6) is 1.00. The van der Waals surface area contributed by atoms with Crippen LogP contribution in [0.1, 0.15) is 29.3 Å². The molecule has 0 radical (unpaired) electrons. The third kappa shape index (κ3) is 2.74. The van der Waals surface area contributed by atoms with Crippen molar-refractivity contribution in [2.45, 2.75) is 25.8 Å². The lowest BCUT2D eigenvalue weighted by molar-refractivity contribution is 0.488. The molecule has 0 amide bonds. The van der Waals surface area contributed by atoms with Gasteiger partial charge in [0.15, 0.2) is 0 Å². The molecule has 0 fully saturated rings. The fraction of sp³-hybridized carbons (Fsp3) is 0.286. The highest BCUT2D eigenvalue weighted by Gasteiger charge is 2.06. The third-order valence-electron chi connectivity index (χ3n) is 2.79. The van der Waals surface area contributed by atoms with E-state index in [1.54, 1.807) is 6.26 Å². The van der Waals surface area contributed by atoms with E-state index >= 15 is 0 Å². The summed E-state index contributed by atoms with van der Waals surface area (Å²) in [5.41, 5.74) is 8.58. The Morgan fingerprint density at radius 1 is 1.19 bits per heavy atom. The Bertz CT molecular complexity index is 417. The van der Waals surface area contributed by atoms with Gasteiger partial charge in [0.25, 0.3) is 0 Å². The zero-order chi connectivity index (χ0) is 11.4. The minimum Gasteiger partial charge on any atom is -0.469 e. The largest absolute Gasteiger partial charge is 0.469 e. The Labute approximate surface area is 96.1 Å². The van der Waals surface area contributed by atoms with Crippen LogP contribution in [-0.4, -0.2) is 0 Å². The van der Waals surface area contributed by atoms with Gasteiger partial charge < -0.3 is 10.2 Å². The molecule has 0 spiro atoms. The van der Waals surface area contributed by atoms with Gasteiger partial charge in [-0.2, -0.15) is 0 Å². The Morgan fingerprint density at radius 3 is 2.56 bits per heavy atom. The maximum absolute atomic E-state index is 6.12. The Balaban J connectivity index is 1.93. The second-order valence-electron chi connectivity index (χ2n) is 4.14. The number of benzene rings is 1. The predicted molar refractivity (Wildman–Crippen MR) is 65.1 cm³/mol. The number of hydrogen-bond acceptors (Lipinski definition) is 2. The van der Waals surface area contributed by atoms with Crippen LogP contribution in [0.15, 0.2) is 47.1 Å². The van der Waals surface area contributed by atoms with Crippen LogP contribution in [0.25, 0.3) is 0 Å². The van der Waals surface area contributed by atoms with E-state index in [1.165, 1.54) is 11.1 Å². The van der Waals surface area contributed by atoms with Gasteiger partial charge in [0, 0.05) is 12.5 Å². The van der Waals surface area contributed by atoms with Crippen LogP contribution >= 0.6 is 0 Å². The summed E-state index contributed by atoms with van der Waals surface area (Å²) in [6.45, 7) is 2.08. The van der Waals surface area contributed by atoms with Crippen LogP contribution in [0.5, 0.6) is 0 Å². The smallest absolute Gasteiger partial charge is 0.103 e. The topological polar surface area (TPSA) is 39.2 Å². The van der Waals surface area contributed by atoms with Gasteiger partial charge in [-0.05, 0) is 31.0 Å². The van der Waals surface area contributed by atoms with Gasteiger partial charge in [-0.15, -0.1) is 0 Å². The lowest BCUT2D eigenvalue weighted by Gasteiger charge is -2.11. The minimum atomic E-state index is 0.0886. The first-order valence-corrected chi connectivity index (χ1v) is 5.60. The molecule has 0 aliphatic carbocycles. The van der Waals surface area contributed by atoms with Crippen molar-refractivity contribution in [3.8, 4) is 0 Å². The second-order valence-corrected chi connectivity index (χ2v) is 4.14. The maximum Gasteiger partial charge on any atom is 0.103 e. The molecule has 0 bridgehead atoms. The summed E-state index contributed by atoms with van der Waals surface area (Å²) >= 11 is 0. The van der Waals surface area contributed by atoms with E-state index in [9.17, 15) is 0 Å². The van der Waals surface area contributed by atoms with Crippen molar-refractivity contribution in [2.75, 3.05) is 0 Å². The Kier molecular flexibility index (Phi) is 3.42. The molecule has 84 valence electrons. The van der Waals surface area contributed by atoms with E-state index < -0.39 is 0 Å². The highest BCUT2D eigenvalue weighted by molar-refractivity contribution is 5.23. The van der Waals surface area contributed by atoms with Gasteiger partial charge in [0.2, 0.25) is 0 Å². The Morgan fingerprint density at radius 2 is 1.94 bits per heavy atom. The lowest BCUT2D eigenvalue weighted by Crippen LogP contribution is -2.11. The predicted octanol–water partition coefficient (Wildman–Crippen LogP) is 3.22. The van der Waals surface area contributed by atoms with Gasteiger partial charge in [0.1, 0.15) is 5.76 Å². The molecule has 2 aromatic rings. The molecule has 1 heterocycles. The molecule has 2 rings (SSSR count). The highest BCUT2D eigenvalue weighted by atomic mass is 16.3. The molecule has 1 aromatic carbocycles. The summed E-state index contributed by atoms with van der Waals surface area (Å²) in [5, 5.41) is 0. The van der Waals surface area contributed by atoms with Gasteiger partial charge in [-0.3, -0.25) is 0 Å².